The van der Waals surface area contributed by atoms with Gasteiger partial charge in [0, 0.05) is 54.1 Å². The highest BCUT2D eigenvalue weighted by molar-refractivity contribution is 5.83. The van der Waals surface area contributed by atoms with E-state index < -0.39 is 0 Å². The first-order valence-electron chi connectivity index (χ1n) is 17.4. The van der Waals surface area contributed by atoms with E-state index in [1.54, 1.807) is 0 Å². The van der Waals surface area contributed by atoms with Crippen molar-refractivity contribution in [2.75, 3.05) is 32.7 Å². The Balaban J connectivity index is 0.000000131. The van der Waals surface area contributed by atoms with Gasteiger partial charge in [0.2, 0.25) is 0 Å². The van der Waals surface area contributed by atoms with Crippen LogP contribution < -0.4 is 0 Å². The zero-order valence-electron chi connectivity index (χ0n) is 27.2. The first kappa shape index (κ1) is 29.2. The summed E-state index contributed by atoms with van der Waals surface area (Å²) in [6.07, 6.45) is 11.9. The average Bonchev–Trinajstić information content (AvgIpc) is 3.98. The zero-order valence-corrected chi connectivity index (χ0v) is 27.2. The fourth-order valence-corrected chi connectivity index (χ4v) is 8.16. The minimum Gasteiger partial charge on any atom is -0.361 e. The summed E-state index contributed by atoms with van der Waals surface area (Å²) in [5, 5.41) is 18.2. The van der Waals surface area contributed by atoms with Crippen molar-refractivity contribution in [2.45, 2.75) is 37.6 Å². The molecule has 2 aliphatic heterocycles. The molecule has 7 heteroatoms. The van der Waals surface area contributed by atoms with Crippen LogP contribution in [0.2, 0.25) is 0 Å². The minimum atomic E-state index is 0.614. The van der Waals surface area contributed by atoms with Gasteiger partial charge in [0.1, 0.15) is 0 Å². The van der Waals surface area contributed by atoms with Crippen LogP contribution in [0.5, 0.6) is 0 Å². The van der Waals surface area contributed by atoms with Gasteiger partial charge in [-0.3, -0.25) is 20.0 Å². The molecule has 0 spiro atoms. The third-order valence-corrected chi connectivity index (χ3v) is 10.8. The Kier molecular flexibility index (Phi) is 7.64. The lowest BCUT2D eigenvalue weighted by molar-refractivity contribution is 0.328. The predicted molar refractivity (Wildman–Crippen MR) is 195 cm³/mol. The Hall–Kier alpha value is -4.98. The molecule has 3 aliphatic rings. The number of likely N-dealkylation sites (tertiary alicyclic amines) is 2. The van der Waals surface area contributed by atoms with E-state index in [1.165, 1.54) is 74.5 Å². The molecule has 4 aromatic carbocycles. The molecule has 0 bridgehead atoms. The second-order valence-corrected chi connectivity index (χ2v) is 13.8. The Labute approximate surface area is 280 Å². The number of nitrogens with zero attached hydrogens (tertiary/aromatic N) is 4. The van der Waals surface area contributed by atoms with Crippen LogP contribution in [-0.4, -0.2) is 67.9 Å². The number of hydrogen-bond donors (Lipinski definition) is 3. The van der Waals surface area contributed by atoms with Crippen molar-refractivity contribution in [3.8, 4) is 0 Å². The summed E-state index contributed by atoms with van der Waals surface area (Å²) in [6.45, 7) is 6.72. The maximum Gasteiger partial charge on any atom is 0.0653 e. The Bertz CT molecular complexity index is 2240. The summed E-state index contributed by atoms with van der Waals surface area (Å²) < 4.78 is 0. The number of hydrogen-bond acceptors (Lipinski definition) is 4. The molecule has 5 heterocycles. The molecule has 2 saturated heterocycles. The van der Waals surface area contributed by atoms with E-state index >= 15 is 0 Å². The standard InChI is InChI=1S/C21H21N3.C20H20N4/c1-2-4-20-15(3-1)5-8-19(20)14-24-10-9-18(13-24)16-6-7-17-12-22-23-21(17)11-16;1-2-4-19-18(3-1)17(10-21-19)13-24-8-7-16(12-24)14-5-6-15-11-22-23-20(15)9-14/h1-4,6-8,11-12,18H,5,9-10,13-14H2,(H,22,23);1-6,9-11,16,21H,7-8,12-13H2,(H,22,23). The van der Waals surface area contributed by atoms with Gasteiger partial charge in [-0.25, -0.2) is 0 Å². The highest BCUT2D eigenvalue weighted by Crippen LogP contribution is 2.34. The normalized spacial score (nSPS) is 19.6. The van der Waals surface area contributed by atoms with E-state index in [-0.39, 0.29) is 0 Å². The molecule has 0 radical (unpaired) electrons. The van der Waals surface area contributed by atoms with E-state index in [0.29, 0.717) is 11.8 Å². The number of fused-ring (bicyclic) bond motifs is 4. The van der Waals surface area contributed by atoms with Crippen molar-refractivity contribution in [3.63, 3.8) is 0 Å². The number of aromatic amines is 3. The van der Waals surface area contributed by atoms with Gasteiger partial charge in [-0.15, -0.1) is 0 Å². The SMILES string of the molecule is C1=C(CN2CCC(c3ccc4cn[nH]c4c3)C2)c2ccccc2C1.c1ccc2c(CN3CCC(c4ccc5cn[nH]c5c4)C3)c[nH]c2c1. The zero-order chi connectivity index (χ0) is 31.9. The molecule has 3 N–H and O–H groups in total. The Morgan fingerprint density at radius 1 is 0.667 bits per heavy atom. The number of H-pyrrole nitrogens is 3. The molecule has 2 unspecified atom stereocenters. The van der Waals surface area contributed by atoms with Crippen molar-refractivity contribution in [2.24, 2.45) is 0 Å². The number of aromatic nitrogens is 5. The topological polar surface area (TPSA) is 79.6 Å². The molecular formula is C41H41N7. The summed E-state index contributed by atoms with van der Waals surface area (Å²) in [5.74, 6) is 1.25. The minimum absolute atomic E-state index is 0.614. The van der Waals surface area contributed by atoms with Crippen LogP contribution >= 0.6 is 0 Å². The predicted octanol–water partition coefficient (Wildman–Crippen LogP) is 8.03. The number of benzene rings is 4. The summed E-state index contributed by atoms with van der Waals surface area (Å²) >= 11 is 0. The molecule has 48 heavy (non-hydrogen) atoms. The number of nitrogens with one attached hydrogen (secondary N) is 3. The Morgan fingerprint density at radius 2 is 1.31 bits per heavy atom. The van der Waals surface area contributed by atoms with Gasteiger partial charge in [-0.2, -0.15) is 10.2 Å². The number of para-hydroxylation sites is 1. The molecule has 240 valence electrons. The van der Waals surface area contributed by atoms with E-state index in [4.69, 9.17) is 0 Å². The smallest absolute Gasteiger partial charge is 0.0653 e. The second-order valence-electron chi connectivity index (χ2n) is 13.8. The third kappa shape index (κ3) is 5.74. The summed E-state index contributed by atoms with van der Waals surface area (Å²) in [6, 6.07) is 30.8. The van der Waals surface area contributed by atoms with Gasteiger partial charge in [0.05, 0.1) is 23.4 Å². The van der Waals surface area contributed by atoms with Crippen molar-refractivity contribution in [1.82, 2.24) is 35.2 Å². The van der Waals surface area contributed by atoms with Crippen molar-refractivity contribution < 1.29 is 0 Å². The van der Waals surface area contributed by atoms with Crippen LogP contribution in [0.1, 0.15) is 52.5 Å². The maximum atomic E-state index is 4.13. The molecule has 2 atom stereocenters. The van der Waals surface area contributed by atoms with Crippen molar-refractivity contribution in [1.29, 1.82) is 0 Å². The van der Waals surface area contributed by atoms with Gasteiger partial charge >= 0.3 is 0 Å². The van der Waals surface area contributed by atoms with Crippen LogP contribution in [0.4, 0.5) is 0 Å². The van der Waals surface area contributed by atoms with Crippen LogP contribution in [0.25, 0.3) is 38.3 Å². The van der Waals surface area contributed by atoms with E-state index in [0.717, 1.165) is 50.2 Å². The molecule has 7 nitrogen and oxygen atoms in total. The average molecular weight is 632 g/mol. The molecule has 0 amide bonds. The first-order chi connectivity index (χ1) is 23.7. The highest BCUT2D eigenvalue weighted by Gasteiger charge is 2.27. The van der Waals surface area contributed by atoms with Crippen LogP contribution in [0.15, 0.2) is 110 Å². The fourth-order valence-electron chi connectivity index (χ4n) is 8.16. The van der Waals surface area contributed by atoms with E-state index in [2.05, 4.69) is 132 Å². The van der Waals surface area contributed by atoms with Gasteiger partial charge in [0.25, 0.3) is 0 Å². The van der Waals surface area contributed by atoms with Gasteiger partial charge in [-0.1, -0.05) is 72.8 Å². The summed E-state index contributed by atoms with van der Waals surface area (Å²) in [5.41, 5.74) is 12.2. The molecular weight excluding hydrogens is 591 g/mol. The Morgan fingerprint density at radius 3 is 2.04 bits per heavy atom. The van der Waals surface area contributed by atoms with Crippen molar-refractivity contribution in [3.05, 3.63) is 137 Å². The van der Waals surface area contributed by atoms with Gasteiger partial charge in [-0.05, 0) is 95.8 Å². The van der Waals surface area contributed by atoms with Gasteiger partial charge in [0.15, 0.2) is 0 Å². The summed E-state index contributed by atoms with van der Waals surface area (Å²) in [7, 11) is 0. The molecule has 7 aromatic rings. The van der Waals surface area contributed by atoms with Gasteiger partial charge < -0.3 is 4.98 Å². The van der Waals surface area contributed by atoms with Crippen LogP contribution in [-0.2, 0) is 13.0 Å². The largest absolute Gasteiger partial charge is 0.361 e. The van der Waals surface area contributed by atoms with E-state index in [9.17, 15) is 0 Å². The van der Waals surface area contributed by atoms with Crippen LogP contribution in [0.3, 0.4) is 0 Å². The van der Waals surface area contributed by atoms with Crippen LogP contribution in [0, 0.1) is 0 Å². The molecule has 10 rings (SSSR count). The number of rotatable bonds is 6. The lowest BCUT2D eigenvalue weighted by atomic mass is 9.97. The molecule has 1 aliphatic carbocycles. The summed E-state index contributed by atoms with van der Waals surface area (Å²) in [4.78, 5) is 8.56. The van der Waals surface area contributed by atoms with E-state index in [1.807, 2.05) is 12.4 Å². The first-order valence-corrected chi connectivity index (χ1v) is 17.4. The number of allylic oxidation sites excluding steroid dienone is 1. The third-order valence-electron chi connectivity index (χ3n) is 10.8. The molecule has 0 saturated carbocycles. The maximum absolute atomic E-state index is 4.13. The fraction of sp³-hybridized carbons (Fsp3) is 0.268. The molecule has 3 aromatic heterocycles. The van der Waals surface area contributed by atoms with Crippen molar-refractivity contribution >= 4 is 38.3 Å². The lowest BCUT2D eigenvalue weighted by Crippen LogP contribution is -2.22. The quantitative estimate of drug-likeness (QED) is 0.174. The second kappa shape index (κ2) is 12.6. The lowest BCUT2D eigenvalue weighted by Gasteiger charge is -2.18. The monoisotopic (exact) mass is 631 g/mol. The highest BCUT2D eigenvalue weighted by atomic mass is 15.2. The molecule has 2 fully saturated rings.